The largest absolute Gasteiger partial charge is 0.460 e. The van der Waals surface area contributed by atoms with E-state index >= 15 is 0 Å². The first kappa shape index (κ1) is 12.1. The molecule has 0 bridgehead atoms. The smallest absolute Gasteiger partial charge is 0.313 e. The average molecular weight is 239 g/mol. The highest BCUT2D eigenvalue weighted by Crippen LogP contribution is 2.69. The monoisotopic (exact) mass is 238 g/mol. The van der Waals surface area contributed by atoms with Crippen LogP contribution in [0.15, 0.2) is 0 Å². The number of hydrogen-bond donors (Lipinski definition) is 0. The van der Waals surface area contributed by atoms with Gasteiger partial charge in [-0.2, -0.15) is 0 Å². The van der Waals surface area contributed by atoms with Crippen molar-refractivity contribution >= 4 is 29.2 Å². The van der Waals surface area contributed by atoms with Crippen LogP contribution in [0.25, 0.3) is 0 Å². The number of carbonyl (C=O) groups is 1. The van der Waals surface area contributed by atoms with E-state index in [1.165, 1.54) is 0 Å². The van der Waals surface area contributed by atoms with Crippen LogP contribution >= 0.6 is 23.2 Å². The van der Waals surface area contributed by atoms with Crippen molar-refractivity contribution in [3.8, 4) is 0 Å². The average Bonchev–Trinajstić information content (AvgIpc) is 2.17. The number of ether oxygens (including phenoxy) is 1. The first-order chi connectivity index (χ1) is 6.00. The second kappa shape index (κ2) is 3.02. The second-order valence-corrected chi connectivity index (χ2v) is 6.70. The molecule has 0 amide bonds. The van der Waals surface area contributed by atoms with Crippen molar-refractivity contribution in [1.82, 2.24) is 0 Å². The Morgan fingerprint density at radius 3 is 1.86 bits per heavy atom. The molecule has 0 aromatic carbocycles. The van der Waals surface area contributed by atoms with Gasteiger partial charge in [0.15, 0.2) is 0 Å². The summed E-state index contributed by atoms with van der Waals surface area (Å²) >= 11 is 12.0. The summed E-state index contributed by atoms with van der Waals surface area (Å²) in [5, 5.41) is 0. The van der Waals surface area contributed by atoms with Crippen LogP contribution in [0.1, 0.15) is 34.6 Å². The molecule has 0 aromatic rings. The van der Waals surface area contributed by atoms with Gasteiger partial charge in [-0.3, -0.25) is 4.79 Å². The minimum atomic E-state index is -0.977. The molecule has 1 aliphatic carbocycles. The van der Waals surface area contributed by atoms with Crippen LogP contribution < -0.4 is 0 Å². The lowest BCUT2D eigenvalue weighted by molar-refractivity contribution is -0.157. The molecule has 0 heterocycles. The van der Waals surface area contributed by atoms with E-state index in [2.05, 4.69) is 0 Å². The molecule has 82 valence electrons. The van der Waals surface area contributed by atoms with Gasteiger partial charge < -0.3 is 4.74 Å². The Bertz CT molecular complexity index is 250. The Kier molecular flexibility index (Phi) is 2.61. The fraction of sp³-hybridized carbons (Fsp3) is 0.900. The van der Waals surface area contributed by atoms with Crippen molar-refractivity contribution in [1.29, 1.82) is 0 Å². The summed E-state index contributed by atoms with van der Waals surface area (Å²) in [6.07, 6.45) is 0. The van der Waals surface area contributed by atoms with Crippen LogP contribution in [0.2, 0.25) is 0 Å². The summed E-state index contributed by atoms with van der Waals surface area (Å²) in [5.74, 6) is -0.731. The highest BCUT2D eigenvalue weighted by atomic mass is 35.5. The topological polar surface area (TPSA) is 26.3 Å². The van der Waals surface area contributed by atoms with Crippen molar-refractivity contribution in [2.45, 2.75) is 44.6 Å². The second-order valence-electron chi connectivity index (χ2n) is 5.31. The highest BCUT2D eigenvalue weighted by Gasteiger charge is 2.74. The van der Waals surface area contributed by atoms with Crippen LogP contribution in [0.5, 0.6) is 0 Å². The highest BCUT2D eigenvalue weighted by molar-refractivity contribution is 6.53. The molecule has 0 saturated heterocycles. The van der Waals surface area contributed by atoms with E-state index in [9.17, 15) is 4.79 Å². The zero-order chi connectivity index (χ0) is 11.4. The molecule has 1 fully saturated rings. The standard InChI is InChI=1S/C10H16Cl2O2/c1-8(2,3)14-7(13)6-9(4,5)10(6,11)12/h6H,1-5H3/t6-/m0/s1. The van der Waals surface area contributed by atoms with Gasteiger partial charge >= 0.3 is 5.97 Å². The Morgan fingerprint density at radius 1 is 1.29 bits per heavy atom. The summed E-state index contributed by atoms with van der Waals surface area (Å²) in [5.41, 5.74) is -0.877. The normalized spacial score (nSPS) is 28.4. The van der Waals surface area contributed by atoms with Crippen molar-refractivity contribution < 1.29 is 9.53 Å². The van der Waals surface area contributed by atoms with Gasteiger partial charge in [0.05, 0.1) is 5.92 Å². The number of halogens is 2. The van der Waals surface area contributed by atoms with E-state index in [0.29, 0.717) is 0 Å². The SMILES string of the molecule is CC(C)(C)OC(=O)[C@H]1C(C)(C)C1(Cl)Cl. The maximum Gasteiger partial charge on any atom is 0.313 e. The van der Waals surface area contributed by atoms with Crippen LogP contribution in [0.3, 0.4) is 0 Å². The van der Waals surface area contributed by atoms with E-state index in [1.807, 2.05) is 34.6 Å². The van der Waals surface area contributed by atoms with Crippen molar-refractivity contribution in [2.24, 2.45) is 11.3 Å². The molecule has 2 nitrogen and oxygen atoms in total. The van der Waals surface area contributed by atoms with Gasteiger partial charge in [0, 0.05) is 5.41 Å². The van der Waals surface area contributed by atoms with Gasteiger partial charge in [-0.15, -0.1) is 23.2 Å². The first-order valence-electron chi connectivity index (χ1n) is 4.61. The molecule has 1 atom stereocenters. The summed E-state index contributed by atoms with van der Waals surface area (Å²) in [4.78, 5) is 11.7. The Morgan fingerprint density at radius 2 is 1.64 bits per heavy atom. The predicted octanol–water partition coefficient (Wildman–Crippen LogP) is 3.16. The fourth-order valence-corrected chi connectivity index (χ4v) is 2.29. The number of alkyl halides is 2. The number of carbonyl (C=O) groups excluding carboxylic acids is 1. The van der Waals surface area contributed by atoms with Gasteiger partial charge in [0.1, 0.15) is 9.93 Å². The predicted molar refractivity (Wildman–Crippen MR) is 57.6 cm³/mol. The van der Waals surface area contributed by atoms with Crippen molar-refractivity contribution in [2.75, 3.05) is 0 Å². The molecule has 0 spiro atoms. The minimum absolute atomic E-state index is 0.312. The van der Waals surface area contributed by atoms with Gasteiger partial charge in [-0.25, -0.2) is 0 Å². The van der Waals surface area contributed by atoms with Crippen molar-refractivity contribution in [3.05, 3.63) is 0 Å². The molecule has 1 rings (SSSR count). The van der Waals surface area contributed by atoms with E-state index in [-0.39, 0.29) is 5.97 Å². The summed E-state index contributed by atoms with van der Waals surface area (Å²) in [6, 6.07) is 0. The van der Waals surface area contributed by atoms with Crippen LogP contribution in [0.4, 0.5) is 0 Å². The third kappa shape index (κ3) is 1.87. The van der Waals surface area contributed by atoms with E-state index in [1.54, 1.807) is 0 Å². The molecular formula is C10H16Cl2O2. The molecule has 0 radical (unpaired) electrons. The molecule has 0 unspecified atom stereocenters. The first-order valence-corrected chi connectivity index (χ1v) is 5.36. The van der Waals surface area contributed by atoms with E-state index in [0.717, 1.165) is 0 Å². The van der Waals surface area contributed by atoms with Gasteiger partial charge in [-0.05, 0) is 20.8 Å². The molecule has 1 saturated carbocycles. The van der Waals surface area contributed by atoms with E-state index in [4.69, 9.17) is 27.9 Å². The quantitative estimate of drug-likeness (QED) is 0.519. The minimum Gasteiger partial charge on any atom is -0.460 e. The van der Waals surface area contributed by atoms with Crippen molar-refractivity contribution in [3.63, 3.8) is 0 Å². The number of rotatable bonds is 1. The third-order valence-electron chi connectivity index (χ3n) is 2.50. The molecule has 14 heavy (non-hydrogen) atoms. The number of hydrogen-bond acceptors (Lipinski definition) is 2. The fourth-order valence-electron chi connectivity index (χ4n) is 1.46. The molecule has 1 aliphatic rings. The van der Waals surface area contributed by atoms with Gasteiger partial charge in [-0.1, -0.05) is 13.8 Å². The molecule has 0 N–H and O–H groups in total. The number of esters is 1. The Hall–Kier alpha value is 0.0500. The van der Waals surface area contributed by atoms with Gasteiger partial charge in [0.25, 0.3) is 0 Å². The van der Waals surface area contributed by atoms with Gasteiger partial charge in [0.2, 0.25) is 0 Å². The lowest BCUT2D eigenvalue weighted by Gasteiger charge is -2.19. The molecule has 4 heteroatoms. The zero-order valence-electron chi connectivity index (χ0n) is 9.15. The molecule has 0 aliphatic heterocycles. The van der Waals surface area contributed by atoms with E-state index < -0.39 is 21.3 Å². The molecule has 0 aromatic heterocycles. The summed E-state index contributed by atoms with van der Waals surface area (Å²) < 4.78 is 4.25. The lowest BCUT2D eigenvalue weighted by atomic mass is 10.1. The van der Waals surface area contributed by atoms with Crippen LogP contribution in [-0.2, 0) is 9.53 Å². The Balaban J connectivity index is 2.68. The third-order valence-corrected chi connectivity index (χ3v) is 3.91. The van der Waals surface area contributed by atoms with Crippen LogP contribution in [0, 0.1) is 11.3 Å². The molecular weight excluding hydrogens is 223 g/mol. The maximum atomic E-state index is 11.7. The van der Waals surface area contributed by atoms with Crippen LogP contribution in [-0.4, -0.2) is 15.9 Å². The lowest BCUT2D eigenvalue weighted by Crippen LogP contribution is -2.26. The Labute approximate surface area is 94.9 Å². The zero-order valence-corrected chi connectivity index (χ0v) is 10.7. The summed E-state index contributed by atoms with van der Waals surface area (Å²) in [7, 11) is 0. The summed E-state index contributed by atoms with van der Waals surface area (Å²) in [6.45, 7) is 9.20. The maximum absolute atomic E-state index is 11.7.